The molecular weight excluding hydrogens is 282 g/mol. The molecule has 0 spiro atoms. The van der Waals surface area contributed by atoms with Gasteiger partial charge in [0.1, 0.15) is 6.73 Å². The summed E-state index contributed by atoms with van der Waals surface area (Å²) in [6.07, 6.45) is -0.247. The molecule has 5 nitrogen and oxygen atoms in total. The lowest BCUT2D eigenvalue weighted by Crippen LogP contribution is -2.57. The van der Waals surface area contributed by atoms with E-state index in [0.29, 0.717) is 19.9 Å². The minimum absolute atomic E-state index is 0.0802. The molecule has 130 valence electrons. The minimum Gasteiger partial charge on any atom is -0.465 e. The van der Waals surface area contributed by atoms with Gasteiger partial charge in [-0.2, -0.15) is 0 Å². The molecule has 0 radical (unpaired) electrons. The van der Waals surface area contributed by atoms with E-state index in [1.807, 2.05) is 13.8 Å². The lowest BCUT2D eigenvalue weighted by Gasteiger charge is -2.48. The molecule has 0 aromatic heterocycles. The van der Waals surface area contributed by atoms with E-state index in [0.717, 1.165) is 6.54 Å². The molecule has 1 aliphatic rings. The molecule has 0 amide bonds. The van der Waals surface area contributed by atoms with Gasteiger partial charge in [-0.15, -0.1) is 0 Å². The Labute approximate surface area is 135 Å². The Balaban J connectivity index is 2.55. The van der Waals surface area contributed by atoms with Crippen molar-refractivity contribution in [3.05, 3.63) is 0 Å². The molecule has 1 aliphatic heterocycles. The van der Waals surface area contributed by atoms with Crippen molar-refractivity contribution >= 4 is 5.97 Å². The molecule has 1 rings (SSSR count). The van der Waals surface area contributed by atoms with E-state index in [9.17, 15) is 4.79 Å². The fourth-order valence-electron chi connectivity index (χ4n) is 2.34. The van der Waals surface area contributed by atoms with Gasteiger partial charge in [-0.25, -0.2) is 0 Å². The fraction of sp³-hybridized carbons (Fsp3) is 0.941. The summed E-state index contributed by atoms with van der Waals surface area (Å²) in [6.45, 7) is 18.7. The Bertz CT molecular complexity index is 385. The first-order valence-electron chi connectivity index (χ1n) is 7.95. The van der Waals surface area contributed by atoms with Gasteiger partial charge in [0.05, 0.1) is 13.2 Å². The molecule has 1 saturated heterocycles. The number of ether oxygens (including phenoxy) is 3. The van der Waals surface area contributed by atoms with Gasteiger partial charge < -0.3 is 14.2 Å². The highest BCUT2D eigenvalue weighted by atomic mass is 16.7. The van der Waals surface area contributed by atoms with Gasteiger partial charge in [0, 0.05) is 29.8 Å². The molecule has 1 heterocycles. The number of hydrogen-bond acceptors (Lipinski definition) is 5. The second-order valence-electron chi connectivity index (χ2n) is 8.74. The zero-order valence-electron chi connectivity index (χ0n) is 15.5. The van der Waals surface area contributed by atoms with Crippen LogP contribution in [0.5, 0.6) is 0 Å². The minimum atomic E-state index is -0.261. The van der Waals surface area contributed by atoms with Crippen LogP contribution < -0.4 is 0 Å². The molecule has 0 N–H and O–H groups in total. The van der Waals surface area contributed by atoms with Crippen molar-refractivity contribution in [3.63, 3.8) is 0 Å². The Morgan fingerprint density at radius 1 is 1.23 bits per heavy atom. The van der Waals surface area contributed by atoms with E-state index < -0.39 is 0 Å². The highest BCUT2D eigenvalue weighted by Gasteiger charge is 2.41. The first-order chi connectivity index (χ1) is 9.83. The second kappa shape index (κ2) is 6.85. The maximum absolute atomic E-state index is 10.9. The summed E-state index contributed by atoms with van der Waals surface area (Å²) >= 11 is 0. The molecule has 1 unspecified atom stereocenters. The van der Waals surface area contributed by atoms with Crippen molar-refractivity contribution < 1.29 is 19.0 Å². The second-order valence-corrected chi connectivity index (χ2v) is 8.74. The maximum atomic E-state index is 10.9. The third kappa shape index (κ3) is 5.86. The quantitative estimate of drug-likeness (QED) is 0.730. The van der Waals surface area contributed by atoms with E-state index in [2.05, 4.69) is 39.5 Å². The summed E-state index contributed by atoms with van der Waals surface area (Å²) in [4.78, 5) is 13.3. The van der Waals surface area contributed by atoms with Crippen LogP contribution in [0.4, 0.5) is 0 Å². The van der Waals surface area contributed by atoms with Crippen LogP contribution in [0.3, 0.4) is 0 Å². The molecule has 1 atom stereocenters. The Kier molecular flexibility index (Phi) is 6.04. The first-order valence-corrected chi connectivity index (χ1v) is 7.95. The van der Waals surface area contributed by atoms with Crippen LogP contribution >= 0.6 is 0 Å². The summed E-state index contributed by atoms with van der Waals surface area (Å²) in [6, 6.07) is 0. The number of carbonyl (C=O) groups excluding carboxylic acids is 1. The molecule has 0 aromatic carbocycles. The van der Waals surface area contributed by atoms with Crippen molar-refractivity contribution in [2.45, 2.75) is 67.2 Å². The number of esters is 1. The molecule has 5 heteroatoms. The molecular formula is C17H33NO4. The Morgan fingerprint density at radius 3 is 2.27 bits per heavy atom. The van der Waals surface area contributed by atoms with Crippen LogP contribution in [-0.2, 0) is 19.0 Å². The average molecular weight is 315 g/mol. The van der Waals surface area contributed by atoms with Crippen LogP contribution in [-0.4, -0.2) is 49.2 Å². The summed E-state index contributed by atoms with van der Waals surface area (Å²) in [5.41, 5.74) is -0.244. The number of rotatable bonds is 5. The van der Waals surface area contributed by atoms with Crippen LogP contribution in [0, 0.1) is 10.8 Å². The summed E-state index contributed by atoms with van der Waals surface area (Å²) in [5.74, 6) is -0.261. The largest absolute Gasteiger partial charge is 0.465 e. The lowest BCUT2D eigenvalue weighted by atomic mass is 9.88. The van der Waals surface area contributed by atoms with Crippen molar-refractivity contribution in [2.75, 3.05) is 26.5 Å². The van der Waals surface area contributed by atoms with Gasteiger partial charge in [0.2, 0.25) is 0 Å². The van der Waals surface area contributed by atoms with Gasteiger partial charge in [0.15, 0.2) is 6.29 Å². The van der Waals surface area contributed by atoms with Crippen LogP contribution in [0.25, 0.3) is 0 Å². The van der Waals surface area contributed by atoms with E-state index in [1.54, 1.807) is 0 Å². The molecule has 0 bridgehead atoms. The number of nitrogens with zero attached hydrogens (tertiary/aromatic N) is 1. The molecule has 22 heavy (non-hydrogen) atoms. The third-order valence-corrected chi connectivity index (χ3v) is 3.86. The summed E-state index contributed by atoms with van der Waals surface area (Å²) < 4.78 is 17.1. The highest BCUT2D eigenvalue weighted by Crippen LogP contribution is 2.34. The smallest absolute Gasteiger partial charge is 0.302 e. The SMILES string of the molecule is CC(=O)OCC(C)(C)COC1OCN(C(C)(C)C)CC1(C)C. The normalized spacial score (nSPS) is 23.4. The third-order valence-electron chi connectivity index (χ3n) is 3.86. The van der Waals surface area contributed by atoms with E-state index in [1.165, 1.54) is 6.92 Å². The van der Waals surface area contributed by atoms with Crippen molar-refractivity contribution in [2.24, 2.45) is 10.8 Å². The van der Waals surface area contributed by atoms with Crippen molar-refractivity contribution in [3.8, 4) is 0 Å². The highest BCUT2D eigenvalue weighted by molar-refractivity contribution is 5.65. The maximum Gasteiger partial charge on any atom is 0.302 e. The zero-order valence-corrected chi connectivity index (χ0v) is 15.5. The topological polar surface area (TPSA) is 48.0 Å². The van der Waals surface area contributed by atoms with Gasteiger partial charge in [-0.05, 0) is 20.8 Å². The van der Waals surface area contributed by atoms with Crippen molar-refractivity contribution in [1.82, 2.24) is 4.90 Å². The standard InChI is InChI=1S/C17H33NO4/c1-13(19)20-10-16(5,6)11-21-14-17(7,8)9-18(12-22-14)15(2,3)4/h14H,9-12H2,1-8H3. The average Bonchev–Trinajstić information content (AvgIpc) is 2.33. The molecule has 0 aromatic rings. The van der Waals surface area contributed by atoms with Gasteiger partial charge in [-0.1, -0.05) is 27.7 Å². The molecule has 0 saturated carbocycles. The first kappa shape index (κ1) is 19.4. The van der Waals surface area contributed by atoms with E-state index in [4.69, 9.17) is 14.2 Å². The summed E-state index contributed by atoms with van der Waals surface area (Å²) in [5, 5.41) is 0. The van der Waals surface area contributed by atoms with Crippen LogP contribution in [0.2, 0.25) is 0 Å². The number of carbonyl (C=O) groups is 1. The molecule has 1 fully saturated rings. The van der Waals surface area contributed by atoms with Gasteiger partial charge >= 0.3 is 5.97 Å². The van der Waals surface area contributed by atoms with Gasteiger partial charge in [0.25, 0.3) is 0 Å². The zero-order chi connectivity index (χ0) is 17.2. The van der Waals surface area contributed by atoms with Crippen molar-refractivity contribution in [1.29, 1.82) is 0 Å². The van der Waals surface area contributed by atoms with E-state index >= 15 is 0 Å². The van der Waals surface area contributed by atoms with Crippen LogP contribution in [0.1, 0.15) is 55.4 Å². The monoisotopic (exact) mass is 315 g/mol. The molecule has 0 aliphatic carbocycles. The number of hydrogen-bond donors (Lipinski definition) is 0. The predicted octanol–water partition coefficient (Wildman–Crippen LogP) is 3.03. The fourth-order valence-corrected chi connectivity index (χ4v) is 2.34. The Morgan fingerprint density at radius 2 is 1.82 bits per heavy atom. The lowest BCUT2D eigenvalue weighted by molar-refractivity contribution is -0.272. The predicted molar refractivity (Wildman–Crippen MR) is 86.3 cm³/mol. The Hall–Kier alpha value is -0.650. The van der Waals surface area contributed by atoms with Gasteiger partial charge in [-0.3, -0.25) is 9.69 Å². The van der Waals surface area contributed by atoms with E-state index in [-0.39, 0.29) is 28.6 Å². The van der Waals surface area contributed by atoms with Crippen LogP contribution in [0.15, 0.2) is 0 Å². The summed E-state index contributed by atoms with van der Waals surface area (Å²) in [7, 11) is 0.